The summed E-state index contributed by atoms with van der Waals surface area (Å²) >= 11 is 1.36. The number of piperazine rings is 1. The Balaban J connectivity index is 1.24. The molecule has 0 bridgehead atoms. The van der Waals surface area contributed by atoms with Gasteiger partial charge in [0.25, 0.3) is 5.91 Å². The Morgan fingerprint density at radius 3 is 2.76 bits per heavy atom. The van der Waals surface area contributed by atoms with E-state index in [9.17, 15) is 10.1 Å². The molecule has 4 heterocycles. The third-order valence-electron chi connectivity index (χ3n) is 6.64. The highest BCUT2D eigenvalue weighted by atomic mass is 32.1. The molecule has 0 saturated carbocycles. The predicted octanol–water partition coefficient (Wildman–Crippen LogP) is 3.13. The van der Waals surface area contributed by atoms with Gasteiger partial charge >= 0.3 is 0 Å². The number of anilines is 2. The Kier molecular flexibility index (Phi) is 8.45. The molecule has 0 radical (unpaired) electrons. The largest absolute Gasteiger partial charge is 0.489 e. The number of aromatic nitrogens is 2. The number of thiophene rings is 1. The smallest absolute Gasteiger partial charge is 0.264 e. The highest BCUT2D eigenvalue weighted by Gasteiger charge is 2.23. The zero-order chi connectivity index (χ0) is 26.3. The molecule has 0 spiro atoms. The summed E-state index contributed by atoms with van der Waals surface area (Å²) in [6.07, 6.45) is 3.33. The lowest BCUT2D eigenvalue weighted by Gasteiger charge is -2.34. The van der Waals surface area contributed by atoms with Gasteiger partial charge in [0.1, 0.15) is 17.9 Å². The van der Waals surface area contributed by atoms with E-state index >= 15 is 0 Å². The number of aliphatic hydroxyl groups excluding tert-OH is 1. The third-order valence-corrected chi connectivity index (χ3v) is 7.63. The summed E-state index contributed by atoms with van der Waals surface area (Å²) in [4.78, 5) is 26.6. The van der Waals surface area contributed by atoms with E-state index in [4.69, 9.17) is 14.6 Å². The van der Waals surface area contributed by atoms with Crippen LogP contribution in [0.3, 0.4) is 0 Å². The van der Waals surface area contributed by atoms with Crippen molar-refractivity contribution in [1.29, 1.82) is 5.26 Å². The lowest BCUT2D eigenvalue weighted by atomic mass is 10.1. The van der Waals surface area contributed by atoms with Crippen LogP contribution in [0, 0.1) is 11.3 Å². The number of amides is 1. The molecule has 2 aliphatic heterocycles. The van der Waals surface area contributed by atoms with Gasteiger partial charge in [0.2, 0.25) is 5.95 Å². The molecule has 2 aromatic heterocycles. The Morgan fingerprint density at radius 1 is 1.18 bits per heavy atom. The van der Waals surface area contributed by atoms with Crippen LogP contribution in [0.2, 0.25) is 0 Å². The number of benzene rings is 1. The Morgan fingerprint density at radius 2 is 2.00 bits per heavy atom. The highest BCUT2D eigenvalue weighted by Crippen LogP contribution is 2.29. The van der Waals surface area contributed by atoms with Gasteiger partial charge in [-0.15, -0.1) is 11.3 Å². The van der Waals surface area contributed by atoms with Crippen LogP contribution < -0.4 is 10.1 Å². The van der Waals surface area contributed by atoms with E-state index in [1.165, 1.54) is 11.3 Å². The highest BCUT2D eigenvalue weighted by molar-refractivity contribution is 7.18. The minimum atomic E-state index is 0.00783. The Hall–Kier alpha value is -3.56. The number of nitrogens with zero attached hydrogens (tertiary/aromatic N) is 5. The molecule has 5 rings (SSSR count). The van der Waals surface area contributed by atoms with Crippen LogP contribution >= 0.6 is 11.3 Å². The van der Waals surface area contributed by atoms with Gasteiger partial charge in [-0.3, -0.25) is 9.69 Å². The van der Waals surface area contributed by atoms with Gasteiger partial charge < -0.3 is 24.8 Å². The summed E-state index contributed by atoms with van der Waals surface area (Å²) in [6.45, 7) is 4.93. The van der Waals surface area contributed by atoms with Crippen molar-refractivity contribution in [3.05, 3.63) is 53.0 Å². The predicted molar refractivity (Wildman–Crippen MR) is 144 cm³/mol. The fourth-order valence-corrected chi connectivity index (χ4v) is 5.40. The van der Waals surface area contributed by atoms with E-state index in [1.807, 2.05) is 29.2 Å². The van der Waals surface area contributed by atoms with E-state index in [-0.39, 0.29) is 18.6 Å². The Labute approximate surface area is 225 Å². The van der Waals surface area contributed by atoms with Crippen LogP contribution in [0.5, 0.6) is 5.75 Å². The van der Waals surface area contributed by atoms with Gasteiger partial charge in [0.15, 0.2) is 0 Å². The van der Waals surface area contributed by atoms with Crippen LogP contribution in [-0.2, 0) is 4.74 Å². The fourth-order valence-electron chi connectivity index (χ4n) is 4.53. The maximum atomic E-state index is 12.9. The van der Waals surface area contributed by atoms with Crippen molar-refractivity contribution in [3.63, 3.8) is 0 Å². The van der Waals surface area contributed by atoms with E-state index in [0.29, 0.717) is 60.7 Å². The lowest BCUT2D eigenvalue weighted by Crippen LogP contribution is -2.49. The van der Waals surface area contributed by atoms with Crippen molar-refractivity contribution < 1.29 is 19.4 Å². The SMILES string of the molecule is N#Cc1cc(-c2ccnc(Nc3ccc(C(=O)N4CCN(CCO)CC4)s3)n2)ccc1OC1CCOCC1. The van der Waals surface area contributed by atoms with E-state index in [1.54, 1.807) is 18.3 Å². The van der Waals surface area contributed by atoms with E-state index < -0.39 is 0 Å². The van der Waals surface area contributed by atoms with Crippen molar-refractivity contribution in [3.8, 4) is 23.1 Å². The topological polar surface area (TPSA) is 124 Å². The number of ether oxygens (including phenoxy) is 2. The summed E-state index contributed by atoms with van der Waals surface area (Å²) in [6, 6.07) is 13.2. The van der Waals surface area contributed by atoms with E-state index in [0.717, 1.165) is 36.5 Å². The minimum Gasteiger partial charge on any atom is -0.489 e. The molecule has 0 aliphatic carbocycles. The third kappa shape index (κ3) is 6.28. The molecule has 11 heteroatoms. The fraction of sp³-hybridized carbons (Fsp3) is 0.407. The van der Waals surface area contributed by atoms with Gasteiger partial charge in [0.05, 0.1) is 41.0 Å². The van der Waals surface area contributed by atoms with Crippen molar-refractivity contribution in [2.75, 3.05) is 57.9 Å². The summed E-state index contributed by atoms with van der Waals surface area (Å²) in [5.74, 6) is 0.983. The molecule has 2 saturated heterocycles. The number of hydrogen-bond donors (Lipinski definition) is 2. The van der Waals surface area contributed by atoms with Crippen molar-refractivity contribution in [2.24, 2.45) is 0 Å². The van der Waals surface area contributed by atoms with Gasteiger partial charge in [-0.25, -0.2) is 9.97 Å². The number of nitrogens with one attached hydrogen (secondary N) is 1. The van der Waals surface area contributed by atoms with Crippen molar-refractivity contribution >= 4 is 28.2 Å². The zero-order valence-corrected chi connectivity index (χ0v) is 21.8. The summed E-state index contributed by atoms with van der Waals surface area (Å²) in [5.41, 5.74) is 1.92. The molecule has 1 aromatic carbocycles. The molecular formula is C27H30N6O4S. The first-order valence-electron chi connectivity index (χ1n) is 12.7. The first kappa shape index (κ1) is 26.1. The standard InChI is InChI=1S/C27H30N6O4S/c28-18-20-17-19(1-2-23(20)37-21-6-15-36-16-7-21)22-5-8-29-27(30-22)31-25-4-3-24(38-25)26(35)33-11-9-32(10-12-33)13-14-34/h1-5,8,17,21,34H,6-7,9-16H2,(H,29,30,31). The molecule has 2 N–H and O–H groups in total. The molecule has 0 atom stereocenters. The van der Waals surface area contributed by atoms with Crippen LogP contribution in [0.1, 0.15) is 28.1 Å². The molecule has 3 aromatic rings. The number of rotatable bonds is 8. The average Bonchev–Trinajstić information content (AvgIpc) is 3.42. The number of aliphatic hydroxyl groups is 1. The average molecular weight is 535 g/mol. The second-order valence-electron chi connectivity index (χ2n) is 9.16. The minimum absolute atomic E-state index is 0.00783. The maximum absolute atomic E-state index is 12.9. The molecule has 198 valence electrons. The first-order chi connectivity index (χ1) is 18.6. The molecule has 2 fully saturated rings. The number of hydrogen-bond acceptors (Lipinski definition) is 10. The summed E-state index contributed by atoms with van der Waals surface area (Å²) in [5, 5.41) is 22.8. The molecule has 2 aliphatic rings. The van der Waals surface area contributed by atoms with Crippen molar-refractivity contribution in [2.45, 2.75) is 18.9 Å². The van der Waals surface area contributed by atoms with Gasteiger partial charge in [-0.05, 0) is 36.4 Å². The van der Waals surface area contributed by atoms with E-state index in [2.05, 4.69) is 26.3 Å². The lowest BCUT2D eigenvalue weighted by molar-refractivity contribution is 0.0254. The molecule has 10 nitrogen and oxygen atoms in total. The number of carbonyl (C=O) groups excluding carboxylic acids is 1. The molecule has 0 unspecified atom stereocenters. The van der Waals surface area contributed by atoms with Crippen LogP contribution in [0.4, 0.5) is 10.9 Å². The first-order valence-corrected chi connectivity index (χ1v) is 13.6. The van der Waals surface area contributed by atoms with Gasteiger partial charge in [0, 0.05) is 57.3 Å². The second-order valence-corrected chi connectivity index (χ2v) is 10.2. The van der Waals surface area contributed by atoms with Crippen LogP contribution in [0.15, 0.2) is 42.6 Å². The maximum Gasteiger partial charge on any atom is 0.264 e. The second kappa shape index (κ2) is 12.3. The van der Waals surface area contributed by atoms with Crippen LogP contribution in [0.25, 0.3) is 11.3 Å². The van der Waals surface area contributed by atoms with Gasteiger partial charge in [-0.1, -0.05) is 0 Å². The number of nitriles is 1. The molecule has 1 amide bonds. The number of β-amino-alcohol motifs (C(OH)–C–C–N with tert-alkyl or cyclic N) is 1. The van der Waals surface area contributed by atoms with Gasteiger partial charge in [-0.2, -0.15) is 5.26 Å². The molecule has 38 heavy (non-hydrogen) atoms. The summed E-state index contributed by atoms with van der Waals surface area (Å²) < 4.78 is 11.4. The monoisotopic (exact) mass is 534 g/mol. The quantitative estimate of drug-likeness (QED) is 0.449. The normalized spacial score (nSPS) is 16.7. The van der Waals surface area contributed by atoms with Crippen molar-refractivity contribution in [1.82, 2.24) is 19.8 Å². The zero-order valence-electron chi connectivity index (χ0n) is 21.0. The number of carbonyl (C=O) groups is 1. The summed E-state index contributed by atoms with van der Waals surface area (Å²) in [7, 11) is 0. The Bertz CT molecular complexity index is 1290. The molecular weight excluding hydrogens is 504 g/mol. The van der Waals surface area contributed by atoms with Crippen LogP contribution in [-0.4, -0.2) is 89.4 Å².